The van der Waals surface area contributed by atoms with Crippen molar-refractivity contribution in [2.24, 2.45) is 0 Å². The first-order chi connectivity index (χ1) is 4.00. The summed E-state index contributed by atoms with van der Waals surface area (Å²) in [5.41, 5.74) is 0. The van der Waals surface area contributed by atoms with E-state index >= 15 is 0 Å². The van der Waals surface area contributed by atoms with E-state index in [1.165, 1.54) is 0 Å². The molecule has 1 aromatic heterocycles. The molecule has 1 aromatic rings. The molecule has 0 aliphatic heterocycles. The van der Waals surface area contributed by atoms with Crippen LogP contribution in [0.2, 0.25) is 0 Å². The Balaban J connectivity index is 0.000000222. The van der Waals surface area contributed by atoms with Crippen LogP contribution in [0.5, 0.6) is 0 Å². The van der Waals surface area contributed by atoms with Crippen LogP contribution < -0.4 is 0 Å². The van der Waals surface area contributed by atoms with Crippen molar-refractivity contribution in [3.63, 3.8) is 0 Å². The number of pyridine rings is 1. The van der Waals surface area contributed by atoms with Crippen LogP contribution in [-0.2, 0) is 21.8 Å². The number of hydrogen-bond acceptors (Lipinski definition) is 2. The maximum absolute atomic E-state index is 8.38. The molecular weight excluding hydrogens is 155 g/mol. The van der Waals surface area contributed by atoms with Crippen molar-refractivity contribution >= 4 is 0 Å². The average Bonchev–Trinajstić information content (AvgIpc) is 1.96. The fraction of sp³-hybridized carbons (Fsp3) is 0. The molecule has 0 amide bonds. The third-order valence-corrected chi connectivity index (χ3v) is 0.566. The Bertz CT molecular complexity index is 95.3. The van der Waals surface area contributed by atoms with Gasteiger partial charge in [-0.25, -0.2) is 0 Å². The van der Waals surface area contributed by atoms with Crippen molar-refractivity contribution in [2.75, 3.05) is 0 Å². The summed E-state index contributed by atoms with van der Waals surface area (Å²) >= 11 is 0.125. The van der Waals surface area contributed by atoms with E-state index < -0.39 is 0 Å². The van der Waals surface area contributed by atoms with Gasteiger partial charge in [0.15, 0.2) is 0 Å². The second-order valence-corrected chi connectivity index (χ2v) is 1.02. The van der Waals surface area contributed by atoms with Gasteiger partial charge in [-0.1, -0.05) is 6.07 Å². The maximum Gasteiger partial charge on any atom is 0.0267 e. The summed E-state index contributed by atoms with van der Waals surface area (Å²) < 4.78 is 8.38. The summed E-state index contributed by atoms with van der Waals surface area (Å²) in [6, 6.07) is 5.72. The number of hydrogen-bond donors (Lipinski definition) is 0. The smallest absolute Gasteiger partial charge is 0.0267 e. The minimum atomic E-state index is 0.125. The first-order valence-electron chi connectivity index (χ1n) is 2.14. The van der Waals surface area contributed by atoms with Crippen LogP contribution in [-0.4, -0.2) is 4.98 Å². The molecule has 0 saturated heterocycles. The Kier molecular flexibility index (Phi) is 6.22. The molecule has 0 N–H and O–H groups in total. The van der Waals surface area contributed by atoms with Crippen molar-refractivity contribution < 1.29 is 21.8 Å². The Labute approximate surface area is 57.9 Å². The van der Waals surface area contributed by atoms with Crippen LogP contribution >= 0.6 is 0 Å². The summed E-state index contributed by atoms with van der Waals surface area (Å²) in [7, 11) is 0. The van der Waals surface area contributed by atoms with Gasteiger partial charge in [0.2, 0.25) is 0 Å². The minimum Gasteiger partial charge on any atom is -0.265 e. The molecule has 1 heterocycles. The molecule has 3 heteroatoms. The Morgan fingerprint density at radius 1 is 1.00 bits per heavy atom. The van der Waals surface area contributed by atoms with Gasteiger partial charge in [0, 0.05) is 12.4 Å². The third-order valence-electron chi connectivity index (χ3n) is 0.566. The minimum absolute atomic E-state index is 0.125. The summed E-state index contributed by atoms with van der Waals surface area (Å²) in [4.78, 5) is 3.78. The van der Waals surface area contributed by atoms with E-state index in [1.807, 2.05) is 18.2 Å². The average molecular weight is 160 g/mol. The largest absolute Gasteiger partial charge is 0.265 e. The standard InChI is InChI=1S/C5H5N.O.Zn/c1-2-4-6-5-3-1;;/h1-5H;;. The van der Waals surface area contributed by atoms with Gasteiger partial charge in [0.1, 0.15) is 0 Å². The molecule has 0 atom stereocenters. The van der Waals surface area contributed by atoms with Crippen molar-refractivity contribution in [3.8, 4) is 0 Å². The number of aromatic nitrogens is 1. The molecule has 0 unspecified atom stereocenters. The van der Waals surface area contributed by atoms with E-state index in [-0.39, 0.29) is 18.3 Å². The normalized spacial score (nSPS) is 6.75. The molecule has 38 valence electrons. The molecule has 0 aliphatic rings. The number of nitrogens with zero attached hydrogens (tertiary/aromatic N) is 1. The zero-order chi connectivity index (χ0) is 6.24. The summed E-state index contributed by atoms with van der Waals surface area (Å²) in [6.45, 7) is 0. The van der Waals surface area contributed by atoms with Crippen LogP contribution in [0.1, 0.15) is 0 Å². The fourth-order valence-electron chi connectivity index (χ4n) is 0.313. The van der Waals surface area contributed by atoms with Crippen LogP contribution in [0.25, 0.3) is 0 Å². The molecule has 0 fully saturated rings. The third kappa shape index (κ3) is 3.75. The van der Waals surface area contributed by atoms with Crippen molar-refractivity contribution in [1.29, 1.82) is 0 Å². The molecule has 0 aliphatic carbocycles. The van der Waals surface area contributed by atoms with Crippen molar-refractivity contribution in [2.45, 2.75) is 0 Å². The van der Waals surface area contributed by atoms with Gasteiger partial charge < -0.3 is 0 Å². The Morgan fingerprint density at radius 2 is 1.50 bits per heavy atom. The molecule has 0 saturated carbocycles. The zero-order valence-electron chi connectivity index (χ0n) is 4.45. The zero-order valence-corrected chi connectivity index (χ0v) is 7.42. The van der Waals surface area contributed by atoms with Gasteiger partial charge in [0.25, 0.3) is 0 Å². The topological polar surface area (TPSA) is 30.0 Å². The Morgan fingerprint density at radius 3 is 1.62 bits per heavy atom. The van der Waals surface area contributed by atoms with Crippen LogP contribution in [0.3, 0.4) is 0 Å². The van der Waals surface area contributed by atoms with E-state index in [0.717, 1.165) is 0 Å². The molecule has 1 rings (SSSR count). The first kappa shape index (κ1) is 7.57. The van der Waals surface area contributed by atoms with E-state index in [1.54, 1.807) is 12.4 Å². The second-order valence-electron chi connectivity index (χ2n) is 1.02. The number of rotatable bonds is 0. The van der Waals surface area contributed by atoms with Crippen LogP contribution in [0.4, 0.5) is 0 Å². The molecule has 0 bridgehead atoms. The molecular formula is C5H5NOZn. The molecule has 0 spiro atoms. The summed E-state index contributed by atoms with van der Waals surface area (Å²) in [5, 5.41) is 0. The summed E-state index contributed by atoms with van der Waals surface area (Å²) in [5.74, 6) is 0. The van der Waals surface area contributed by atoms with Gasteiger partial charge in [-0.2, -0.15) is 0 Å². The van der Waals surface area contributed by atoms with E-state index in [4.69, 9.17) is 3.57 Å². The van der Waals surface area contributed by atoms with Gasteiger partial charge in [0.05, 0.1) is 0 Å². The predicted molar refractivity (Wildman–Crippen MR) is 24.9 cm³/mol. The molecule has 0 radical (unpaired) electrons. The van der Waals surface area contributed by atoms with Crippen LogP contribution in [0, 0.1) is 0 Å². The van der Waals surface area contributed by atoms with E-state index in [9.17, 15) is 0 Å². The van der Waals surface area contributed by atoms with Gasteiger partial charge in [-0.15, -0.1) is 0 Å². The summed E-state index contributed by atoms with van der Waals surface area (Å²) in [6.07, 6.45) is 3.50. The van der Waals surface area contributed by atoms with Gasteiger partial charge in [-0.05, 0) is 12.1 Å². The Hall–Kier alpha value is -0.427. The fourth-order valence-corrected chi connectivity index (χ4v) is 0.313. The molecule has 8 heavy (non-hydrogen) atoms. The molecule has 0 aromatic carbocycles. The monoisotopic (exact) mass is 159 g/mol. The quantitative estimate of drug-likeness (QED) is 0.529. The van der Waals surface area contributed by atoms with E-state index in [0.29, 0.717) is 0 Å². The van der Waals surface area contributed by atoms with E-state index in [2.05, 4.69) is 4.98 Å². The molecule has 2 nitrogen and oxygen atoms in total. The maximum atomic E-state index is 8.38. The van der Waals surface area contributed by atoms with Crippen molar-refractivity contribution in [1.82, 2.24) is 4.98 Å². The van der Waals surface area contributed by atoms with Gasteiger partial charge in [-0.3, -0.25) is 4.98 Å². The second kappa shape index (κ2) is 6.57. The first-order valence-corrected chi connectivity index (χ1v) is 3.35. The SMILES string of the molecule is [O]=[Zn].c1ccncc1. The van der Waals surface area contributed by atoms with Crippen molar-refractivity contribution in [3.05, 3.63) is 30.6 Å². The van der Waals surface area contributed by atoms with Crippen LogP contribution in [0.15, 0.2) is 30.6 Å². The van der Waals surface area contributed by atoms with Gasteiger partial charge >= 0.3 is 21.8 Å². The predicted octanol–water partition coefficient (Wildman–Crippen LogP) is 0.960.